The fourth-order valence-electron chi connectivity index (χ4n) is 2.49. The highest BCUT2D eigenvalue weighted by Gasteiger charge is 2.30. The van der Waals surface area contributed by atoms with Crippen molar-refractivity contribution >= 4 is 0 Å². The molecule has 1 heterocycles. The number of hydrogen-bond donors (Lipinski definition) is 0. The van der Waals surface area contributed by atoms with Crippen LogP contribution in [-0.2, 0) is 18.4 Å². The summed E-state index contributed by atoms with van der Waals surface area (Å²) in [5.74, 6) is 0. The number of likely N-dealkylation sites (N-methyl/N-ethyl adjacent to an activating group) is 1. The number of rotatable bonds is 1. The molecular formula is C15H21F2N. The Hall–Kier alpha value is -0.960. The lowest BCUT2D eigenvalue weighted by atomic mass is 9.83. The van der Waals surface area contributed by atoms with E-state index in [9.17, 15) is 8.78 Å². The molecule has 0 bridgehead atoms. The molecular weight excluding hydrogens is 232 g/mol. The third-order valence-electron chi connectivity index (χ3n) is 3.78. The summed E-state index contributed by atoms with van der Waals surface area (Å²) in [6.45, 7) is 7.13. The summed E-state index contributed by atoms with van der Waals surface area (Å²) in [6, 6.07) is 5.64. The van der Waals surface area contributed by atoms with Crippen LogP contribution in [0.15, 0.2) is 18.2 Å². The third-order valence-corrected chi connectivity index (χ3v) is 3.78. The second kappa shape index (κ2) is 4.61. The van der Waals surface area contributed by atoms with Crippen molar-refractivity contribution < 1.29 is 8.78 Å². The molecule has 2 rings (SSSR count). The van der Waals surface area contributed by atoms with E-state index in [-0.39, 0.29) is 5.41 Å². The zero-order chi connectivity index (χ0) is 13.5. The van der Waals surface area contributed by atoms with Crippen molar-refractivity contribution in [2.24, 2.45) is 0 Å². The highest BCUT2D eigenvalue weighted by Crippen LogP contribution is 2.30. The van der Waals surface area contributed by atoms with Gasteiger partial charge in [-0.15, -0.1) is 0 Å². The Morgan fingerprint density at radius 3 is 2.44 bits per heavy atom. The van der Waals surface area contributed by atoms with Gasteiger partial charge in [0.05, 0.1) is 6.04 Å². The number of benzene rings is 1. The van der Waals surface area contributed by atoms with Gasteiger partial charge in [-0.1, -0.05) is 39.0 Å². The third kappa shape index (κ3) is 2.56. The number of nitrogens with zero attached hydrogens (tertiary/aromatic N) is 1. The molecule has 18 heavy (non-hydrogen) atoms. The zero-order valence-electron chi connectivity index (χ0n) is 11.5. The Morgan fingerprint density at radius 2 is 1.89 bits per heavy atom. The SMILES string of the molecule is CN1Cc2cc(C(C)(C)C)ccc2CC1C(F)F. The van der Waals surface area contributed by atoms with Crippen LogP contribution >= 0.6 is 0 Å². The summed E-state index contributed by atoms with van der Waals surface area (Å²) in [6.07, 6.45) is -1.82. The normalized spacial score (nSPS) is 21.2. The van der Waals surface area contributed by atoms with Crippen molar-refractivity contribution in [3.63, 3.8) is 0 Å². The van der Waals surface area contributed by atoms with Gasteiger partial charge in [0, 0.05) is 6.54 Å². The zero-order valence-corrected chi connectivity index (χ0v) is 11.5. The summed E-state index contributed by atoms with van der Waals surface area (Å²) >= 11 is 0. The largest absolute Gasteiger partial charge is 0.293 e. The molecule has 0 fully saturated rings. The number of halogens is 2. The second-order valence-electron chi connectivity index (χ2n) is 6.25. The highest BCUT2D eigenvalue weighted by molar-refractivity contribution is 5.37. The van der Waals surface area contributed by atoms with Crippen LogP contribution in [-0.4, -0.2) is 24.4 Å². The number of alkyl halides is 2. The van der Waals surface area contributed by atoms with E-state index in [1.54, 1.807) is 11.9 Å². The summed E-state index contributed by atoms with van der Waals surface area (Å²) in [4.78, 5) is 1.76. The lowest BCUT2D eigenvalue weighted by Crippen LogP contribution is -2.42. The maximum Gasteiger partial charge on any atom is 0.254 e. The van der Waals surface area contributed by atoms with E-state index in [1.807, 2.05) is 6.07 Å². The quantitative estimate of drug-likeness (QED) is 0.739. The van der Waals surface area contributed by atoms with E-state index in [1.165, 1.54) is 11.1 Å². The lowest BCUT2D eigenvalue weighted by Gasteiger charge is -2.34. The second-order valence-corrected chi connectivity index (χ2v) is 6.25. The minimum atomic E-state index is -2.27. The molecule has 0 N–H and O–H groups in total. The van der Waals surface area contributed by atoms with Crippen molar-refractivity contribution in [2.75, 3.05) is 7.05 Å². The van der Waals surface area contributed by atoms with Crippen LogP contribution in [0.25, 0.3) is 0 Å². The molecule has 0 spiro atoms. The average Bonchev–Trinajstić information content (AvgIpc) is 2.25. The van der Waals surface area contributed by atoms with Gasteiger partial charge in [-0.25, -0.2) is 8.78 Å². The first-order valence-electron chi connectivity index (χ1n) is 6.39. The summed E-state index contributed by atoms with van der Waals surface area (Å²) in [5.41, 5.74) is 3.64. The minimum Gasteiger partial charge on any atom is -0.293 e. The minimum absolute atomic E-state index is 0.104. The Balaban J connectivity index is 2.32. The topological polar surface area (TPSA) is 3.24 Å². The van der Waals surface area contributed by atoms with Crippen molar-refractivity contribution in [3.8, 4) is 0 Å². The van der Waals surface area contributed by atoms with Crippen molar-refractivity contribution in [1.82, 2.24) is 4.90 Å². The Bertz CT molecular complexity index is 435. The van der Waals surface area contributed by atoms with Gasteiger partial charge in [-0.3, -0.25) is 4.90 Å². The lowest BCUT2D eigenvalue weighted by molar-refractivity contribution is 0.0285. The van der Waals surface area contributed by atoms with Crippen LogP contribution in [0.3, 0.4) is 0 Å². The monoisotopic (exact) mass is 253 g/mol. The summed E-state index contributed by atoms with van der Waals surface area (Å²) in [5, 5.41) is 0. The Morgan fingerprint density at radius 1 is 1.22 bits per heavy atom. The van der Waals surface area contributed by atoms with E-state index < -0.39 is 12.5 Å². The fourth-order valence-corrected chi connectivity index (χ4v) is 2.49. The van der Waals surface area contributed by atoms with Gasteiger partial charge in [0.15, 0.2) is 0 Å². The van der Waals surface area contributed by atoms with Crippen LogP contribution in [0.2, 0.25) is 0 Å². The predicted octanol–water partition coefficient (Wildman–Crippen LogP) is 3.61. The molecule has 1 nitrogen and oxygen atoms in total. The summed E-state index contributed by atoms with van der Waals surface area (Å²) in [7, 11) is 1.78. The standard InChI is InChI=1S/C15H21F2N/c1-15(2,3)12-6-5-10-8-13(14(16)17)18(4)9-11(10)7-12/h5-7,13-14H,8-9H2,1-4H3. The molecule has 0 amide bonds. The molecule has 0 saturated carbocycles. The van der Waals surface area contributed by atoms with Crippen LogP contribution in [0, 0.1) is 0 Å². The molecule has 1 aromatic carbocycles. The maximum absolute atomic E-state index is 12.9. The smallest absolute Gasteiger partial charge is 0.254 e. The molecule has 0 aliphatic carbocycles. The first-order valence-corrected chi connectivity index (χ1v) is 6.39. The first-order chi connectivity index (χ1) is 8.29. The molecule has 1 atom stereocenters. The van der Waals surface area contributed by atoms with E-state index in [4.69, 9.17) is 0 Å². The van der Waals surface area contributed by atoms with E-state index in [0.29, 0.717) is 13.0 Å². The Kier molecular flexibility index (Phi) is 3.45. The fraction of sp³-hybridized carbons (Fsp3) is 0.600. The molecule has 1 aromatic rings. The van der Waals surface area contributed by atoms with Gasteiger partial charge in [-0.2, -0.15) is 0 Å². The first kappa shape index (κ1) is 13.5. The molecule has 0 aromatic heterocycles. The molecule has 1 unspecified atom stereocenters. The van der Waals surface area contributed by atoms with Gasteiger partial charge in [-0.05, 0) is 35.6 Å². The van der Waals surface area contributed by atoms with Crippen molar-refractivity contribution in [3.05, 3.63) is 34.9 Å². The van der Waals surface area contributed by atoms with E-state index >= 15 is 0 Å². The molecule has 1 aliphatic rings. The highest BCUT2D eigenvalue weighted by atomic mass is 19.3. The Labute approximate surface area is 108 Å². The van der Waals surface area contributed by atoms with Crippen molar-refractivity contribution in [2.45, 2.75) is 51.6 Å². The van der Waals surface area contributed by atoms with Gasteiger partial charge < -0.3 is 0 Å². The predicted molar refractivity (Wildman–Crippen MR) is 70.1 cm³/mol. The van der Waals surface area contributed by atoms with Gasteiger partial charge in [0.2, 0.25) is 0 Å². The molecule has 1 aliphatic heterocycles. The maximum atomic E-state index is 12.9. The molecule has 0 radical (unpaired) electrons. The summed E-state index contributed by atoms with van der Waals surface area (Å²) < 4.78 is 25.8. The molecule has 3 heteroatoms. The van der Waals surface area contributed by atoms with Crippen molar-refractivity contribution in [1.29, 1.82) is 0 Å². The van der Waals surface area contributed by atoms with Crippen LogP contribution in [0.1, 0.15) is 37.5 Å². The van der Waals surface area contributed by atoms with Crippen LogP contribution in [0.4, 0.5) is 8.78 Å². The van der Waals surface area contributed by atoms with Crippen LogP contribution < -0.4 is 0 Å². The average molecular weight is 253 g/mol. The van der Waals surface area contributed by atoms with E-state index in [0.717, 1.165) is 5.56 Å². The van der Waals surface area contributed by atoms with Gasteiger partial charge in [0.25, 0.3) is 6.43 Å². The van der Waals surface area contributed by atoms with Gasteiger partial charge in [0.1, 0.15) is 0 Å². The van der Waals surface area contributed by atoms with Gasteiger partial charge >= 0.3 is 0 Å². The number of fused-ring (bicyclic) bond motifs is 1. The molecule has 0 saturated heterocycles. The van der Waals surface area contributed by atoms with Crippen LogP contribution in [0.5, 0.6) is 0 Å². The van der Waals surface area contributed by atoms with E-state index in [2.05, 4.69) is 32.9 Å². The number of hydrogen-bond acceptors (Lipinski definition) is 1. The molecule has 100 valence electrons.